The summed E-state index contributed by atoms with van der Waals surface area (Å²) in [6.07, 6.45) is -0.334. The van der Waals surface area contributed by atoms with Gasteiger partial charge >= 0.3 is 0 Å². The first-order valence-electron chi connectivity index (χ1n) is 4.77. The number of carbonyl (C=O) groups excluding carboxylic acids is 1. The third kappa shape index (κ3) is 1.90. The van der Waals surface area contributed by atoms with E-state index in [1.165, 1.54) is 11.0 Å². The zero-order chi connectivity index (χ0) is 11.7. The molecular formula is C8H12N4O4. The Kier molecular flexibility index (Phi) is 2.86. The number of amides is 1. The molecule has 2 heterocycles. The third-order valence-corrected chi connectivity index (χ3v) is 2.41. The molecule has 0 saturated carbocycles. The molecule has 8 nitrogen and oxygen atoms in total. The Bertz CT molecular complexity index is 393. The van der Waals surface area contributed by atoms with Crippen molar-refractivity contribution in [2.45, 2.75) is 24.9 Å². The highest BCUT2D eigenvalue weighted by atomic mass is 16.5. The van der Waals surface area contributed by atoms with Gasteiger partial charge in [0.2, 0.25) is 5.82 Å². The van der Waals surface area contributed by atoms with Crippen molar-refractivity contribution in [1.82, 2.24) is 14.8 Å². The predicted octanol–water partition coefficient (Wildman–Crippen LogP) is -1.98. The summed E-state index contributed by atoms with van der Waals surface area (Å²) in [6.45, 7) is -0.269. The van der Waals surface area contributed by atoms with E-state index in [1.54, 1.807) is 0 Å². The number of rotatable bonds is 3. The van der Waals surface area contributed by atoms with Gasteiger partial charge in [0.15, 0.2) is 6.23 Å². The summed E-state index contributed by atoms with van der Waals surface area (Å²) in [6, 6.07) is 0. The molecule has 1 aliphatic rings. The molecule has 8 heteroatoms. The second-order valence-corrected chi connectivity index (χ2v) is 3.53. The zero-order valence-corrected chi connectivity index (χ0v) is 8.35. The first kappa shape index (κ1) is 11.0. The average molecular weight is 228 g/mol. The van der Waals surface area contributed by atoms with Crippen LogP contribution in [-0.4, -0.2) is 49.7 Å². The van der Waals surface area contributed by atoms with Crippen LogP contribution >= 0.6 is 0 Å². The van der Waals surface area contributed by atoms with Crippen LogP contribution in [0.15, 0.2) is 6.33 Å². The minimum absolute atomic E-state index is 0.106. The van der Waals surface area contributed by atoms with E-state index in [0.717, 1.165) is 0 Å². The highest BCUT2D eigenvalue weighted by Crippen LogP contribution is 2.27. The van der Waals surface area contributed by atoms with Crippen LogP contribution in [0.5, 0.6) is 0 Å². The molecule has 3 atom stereocenters. The molecule has 1 unspecified atom stereocenters. The molecule has 1 aromatic heterocycles. The van der Waals surface area contributed by atoms with E-state index < -0.39 is 24.3 Å². The van der Waals surface area contributed by atoms with Crippen molar-refractivity contribution < 1.29 is 19.7 Å². The van der Waals surface area contributed by atoms with E-state index in [9.17, 15) is 9.90 Å². The van der Waals surface area contributed by atoms with Gasteiger partial charge in [-0.15, -0.1) is 5.10 Å². The molecule has 0 bridgehead atoms. The number of primary amides is 1. The number of ether oxygens (including phenoxy) is 1. The summed E-state index contributed by atoms with van der Waals surface area (Å²) in [7, 11) is 0. The first-order valence-corrected chi connectivity index (χ1v) is 4.77. The normalized spacial score (nSPS) is 29.5. The minimum Gasteiger partial charge on any atom is -0.394 e. The van der Waals surface area contributed by atoms with Crippen molar-refractivity contribution in [1.29, 1.82) is 0 Å². The van der Waals surface area contributed by atoms with Gasteiger partial charge in [-0.3, -0.25) is 4.79 Å². The minimum atomic E-state index is -0.753. The Hall–Kier alpha value is -1.51. The fraction of sp³-hybridized carbons (Fsp3) is 0.625. The molecule has 16 heavy (non-hydrogen) atoms. The molecule has 0 aliphatic carbocycles. The van der Waals surface area contributed by atoms with Crippen LogP contribution in [0, 0.1) is 0 Å². The van der Waals surface area contributed by atoms with Gasteiger partial charge in [0.1, 0.15) is 12.4 Å². The van der Waals surface area contributed by atoms with Gasteiger partial charge in [0.25, 0.3) is 5.91 Å². The molecule has 1 aromatic rings. The van der Waals surface area contributed by atoms with Crippen molar-refractivity contribution in [2.75, 3.05) is 6.61 Å². The van der Waals surface area contributed by atoms with Crippen molar-refractivity contribution in [2.24, 2.45) is 5.73 Å². The summed E-state index contributed by atoms with van der Waals surface area (Å²) in [5, 5.41) is 22.2. The van der Waals surface area contributed by atoms with E-state index in [0.29, 0.717) is 0 Å². The van der Waals surface area contributed by atoms with E-state index in [2.05, 4.69) is 10.1 Å². The average Bonchev–Trinajstić information content (AvgIpc) is 2.83. The van der Waals surface area contributed by atoms with Crippen molar-refractivity contribution >= 4 is 5.91 Å². The van der Waals surface area contributed by atoms with Gasteiger partial charge in [0, 0.05) is 6.42 Å². The summed E-state index contributed by atoms with van der Waals surface area (Å²) in [5.74, 6) is -0.832. The zero-order valence-electron chi connectivity index (χ0n) is 8.35. The number of aromatic nitrogens is 3. The van der Waals surface area contributed by atoms with Crippen LogP contribution in [0.1, 0.15) is 23.3 Å². The lowest BCUT2D eigenvalue weighted by molar-refractivity contribution is -0.0485. The van der Waals surface area contributed by atoms with Crippen LogP contribution in [0.4, 0.5) is 0 Å². The molecule has 4 N–H and O–H groups in total. The summed E-state index contributed by atoms with van der Waals surface area (Å²) in [5.41, 5.74) is 5.00. The van der Waals surface area contributed by atoms with Gasteiger partial charge in [-0.25, -0.2) is 9.67 Å². The number of nitrogens with two attached hydrogens (primary N) is 1. The quantitative estimate of drug-likeness (QED) is 0.550. The maximum absolute atomic E-state index is 10.8. The van der Waals surface area contributed by atoms with Crippen LogP contribution in [-0.2, 0) is 4.74 Å². The van der Waals surface area contributed by atoms with Crippen molar-refractivity contribution in [3.8, 4) is 0 Å². The monoisotopic (exact) mass is 228 g/mol. The van der Waals surface area contributed by atoms with Crippen LogP contribution < -0.4 is 5.73 Å². The Morgan fingerprint density at radius 2 is 2.50 bits per heavy atom. The lowest BCUT2D eigenvalue weighted by atomic mass is 10.2. The fourth-order valence-electron chi connectivity index (χ4n) is 1.57. The Morgan fingerprint density at radius 1 is 1.75 bits per heavy atom. The number of aliphatic hydroxyl groups is 2. The number of hydrogen-bond donors (Lipinski definition) is 3. The Balaban J connectivity index is 2.11. The van der Waals surface area contributed by atoms with Crippen LogP contribution in [0.25, 0.3) is 0 Å². The van der Waals surface area contributed by atoms with Crippen LogP contribution in [0.3, 0.4) is 0 Å². The first-order chi connectivity index (χ1) is 7.61. The molecule has 1 aliphatic heterocycles. The number of nitrogens with zero attached hydrogens (tertiary/aromatic N) is 3. The van der Waals surface area contributed by atoms with Crippen molar-refractivity contribution in [3.05, 3.63) is 12.2 Å². The standard InChI is InChI=1S/C8H12N4O4/c9-7(15)8-10-3-12(11-8)6-1-4(14)5(2-13)16-6/h3-6,13-14H,1-2H2,(H2,9,15)/t4?,5-,6-/m0/s1. The molecule has 0 radical (unpaired) electrons. The van der Waals surface area contributed by atoms with Gasteiger partial charge in [-0.2, -0.15) is 0 Å². The molecule has 1 fully saturated rings. The smallest absolute Gasteiger partial charge is 0.288 e. The number of aliphatic hydroxyl groups excluding tert-OH is 2. The maximum atomic E-state index is 10.8. The predicted molar refractivity (Wildman–Crippen MR) is 50.2 cm³/mol. The topological polar surface area (TPSA) is 123 Å². The number of carbonyl (C=O) groups is 1. The molecule has 0 spiro atoms. The van der Waals surface area contributed by atoms with E-state index >= 15 is 0 Å². The molecule has 88 valence electrons. The number of hydrogen-bond acceptors (Lipinski definition) is 6. The van der Waals surface area contributed by atoms with Crippen molar-refractivity contribution in [3.63, 3.8) is 0 Å². The fourth-order valence-corrected chi connectivity index (χ4v) is 1.57. The highest BCUT2D eigenvalue weighted by molar-refractivity contribution is 5.88. The second-order valence-electron chi connectivity index (χ2n) is 3.53. The largest absolute Gasteiger partial charge is 0.394 e. The molecule has 0 aromatic carbocycles. The summed E-state index contributed by atoms with van der Waals surface area (Å²) < 4.78 is 6.61. The van der Waals surface area contributed by atoms with Crippen LogP contribution in [0.2, 0.25) is 0 Å². The summed E-state index contributed by atoms with van der Waals surface area (Å²) in [4.78, 5) is 14.5. The SMILES string of the molecule is NC(=O)c1ncn([C@@H]2CC(O)[C@H](CO)O2)n1. The lowest BCUT2D eigenvalue weighted by Gasteiger charge is -2.11. The third-order valence-electron chi connectivity index (χ3n) is 2.41. The van der Waals surface area contributed by atoms with E-state index in [4.69, 9.17) is 15.6 Å². The molecule has 1 amide bonds. The maximum Gasteiger partial charge on any atom is 0.288 e. The van der Waals surface area contributed by atoms with Gasteiger partial charge in [-0.05, 0) is 0 Å². The Morgan fingerprint density at radius 3 is 3.00 bits per heavy atom. The second kappa shape index (κ2) is 4.16. The summed E-state index contributed by atoms with van der Waals surface area (Å²) >= 11 is 0. The van der Waals surface area contributed by atoms with E-state index in [-0.39, 0.29) is 18.9 Å². The van der Waals surface area contributed by atoms with Gasteiger partial charge in [0.05, 0.1) is 12.7 Å². The lowest BCUT2D eigenvalue weighted by Crippen LogP contribution is -2.24. The molecule has 2 rings (SSSR count). The molecular weight excluding hydrogens is 216 g/mol. The Labute approximate surface area is 90.6 Å². The van der Waals surface area contributed by atoms with Gasteiger partial charge in [-0.1, -0.05) is 0 Å². The van der Waals surface area contributed by atoms with Gasteiger partial charge < -0.3 is 20.7 Å². The highest BCUT2D eigenvalue weighted by Gasteiger charge is 2.35. The molecule has 1 saturated heterocycles. The van der Waals surface area contributed by atoms with E-state index in [1.807, 2.05) is 0 Å².